The summed E-state index contributed by atoms with van der Waals surface area (Å²) in [7, 11) is 0. The van der Waals surface area contributed by atoms with E-state index in [0.717, 1.165) is 37.4 Å². The second kappa shape index (κ2) is 7.90. The number of hydrogen-bond acceptors (Lipinski definition) is 4. The van der Waals surface area contributed by atoms with Crippen molar-refractivity contribution < 1.29 is 4.74 Å². The first kappa shape index (κ1) is 13.8. The highest BCUT2D eigenvalue weighted by Crippen LogP contribution is 2.20. The number of hydrogen-bond donors (Lipinski definition) is 2. The molecule has 17 heavy (non-hydrogen) atoms. The SMILES string of the molecule is CCCOc1cccnc1NCC(N)CCC. The van der Waals surface area contributed by atoms with Crippen molar-refractivity contribution in [1.29, 1.82) is 0 Å². The smallest absolute Gasteiger partial charge is 0.168 e. The maximum atomic E-state index is 5.95. The van der Waals surface area contributed by atoms with Crippen LogP contribution in [0, 0.1) is 0 Å². The first-order valence-corrected chi connectivity index (χ1v) is 6.35. The fraction of sp³-hybridized carbons (Fsp3) is 0.615. The van der Waals surface area contributed by atoms with Gasteiger partial charge in [-0.3, -0.25) is 0 Å². The number of rotatable bonds is 8. The van der Waals surface area contributed by atoms with E-state index in [1.165, 1.54) is 0 Å². The molecule has 0 bridgehead atoms. The Bertz CT molecular complexity index is 317. The van der Waals surface area contributed by atoms with Crippen molar-refractivity contribution in [2.24, 2.45) is 5.73 Å². The Morgan fingerprint density at radius 3 is 2.94 bits per heavy atom. The largest absolute Gasteiger partial charge is 0.490 e. The van der Waals surface area contributed by atoms with Gasteiger partial charge in [0.1, 0.15) is 0 Å². The highest BCUT2D eigenvalue weighted by molar-refractivity contribution is 5.49. The Kier molecular flexibility index (Phi) is 6.40. The van der Waals surface area contributed by atoms with E-state index in [-0.39, 0.29) is 6.04 Å². The van der Waals surface area contributed by atoms with Gasteiger partial charge in [0.05, 0.1) is 6.61 Å². The monoisotopic (exact) mass is 237 g/mol. The predicted molar refractivity (Wildman–Crippen MR) is 71.4 cm³/mol. The molecule has 0 radical (unpaired) electrons. The lowest BCUT2D eigenvalue weighted by atomic mass is 10.2. The van der Waals surface area contributed by atoms with E-state index in [2.05, 4.69) is 24.1 Å². The highest BCUT2D eigenvalue weighted by atomic mass is 16.5. The molecule has 0 fully saturated rings. The zero-order chi connectivity index (χ0) is 12.5. The van der Waals surface area contributed by atoms with E-state index in [9.17, 15) is 0 Å². The van der Waals surface area contributed by atoms with Crippen LogP contribution in [0.15, 0.2) is 18.3 Å². The average molecular weight is 237 g/mol. The van der Waals surface area contributed by atoms with Gasteiger partial charge in [0, 0.05) is 18.8 Å². The molecular weight excluding hydrogens is 214 g/mol. The first-order chi connectivity index (χ1) is 8.27. The van der Waals surface area contributed by atoms with Crippen LogP contribution in [0.2, 0.25) is 0 Å². The van der Waals surface area contributed by atoms with Crippen LogP contribution in [0.3, 0.4) is 0 Å². The van der Waals surface area contributed by atoms with Gasteiger partial charge in [0.2, 0.25) is 0 Å². The van der Waals surface area contributed by atoms with Crippen LogP contribution >= 0.6 is 0 Å². The maximum absolute atomic E-state index is 5.95. The number of nitrogens with one attached hydrogen (secondary N) is 1. The van der Waals surface area contributed by atoms with Crippen LogP contribution in [0.5, 0.6) is 5.75 Å². The lowest BCUT2D eigenvalue weighted by Crippen LogP contribution is -2.29. The Morgan fingerprint density at radius 1 is 1.41 bits per heavy atom. The minimum atomic E-state index is 0.168. The molecule has 1 aromatic rings. The molecule has 96 valence electrons. The minimum absolute atomic E-state index is 0.168. The van der Waals surface area contributed by atoms with E-state index in [1.54, 1.807) is 6.20 Å². The summed E-state index contributed by atoms with van der Waals surface area (Å²) in [5.74, 6) is 1.59. The topological polar surface area (TPSA) is 60.2 Å². The van der Waals surface area contributed by atoms with Gasteiger partial charge in [-0.25, -0.2) is 4.98 Å². The maximum Gasteiger partial charge on any atom is 0.168 e. The molecule has 0 aliphatic rings. The molecule has 1 atom stereocenters. The van der Waals surface area contributed by atoms with E-state index in [0.29, 0.717) is 6.61 Å². The summed E-state index contributed by atoms with van der Waals surface area (Å²) >= 11 is 0. The number of ether oxygens (including phenoxy) is 1. The quantitative estimate of drug-likeness (QED) is 0.729. The Morgan fingerprint density at radius 2 is 2.24 bits per heavy atom. The molecule has 1 aromatic heterocycles. The number of anilines is 1. The van der Waals surface area contributed by atoms with Crippen molar-refractivity contribution in [3.63, 3.8) is 0 Å². The van der Waals surface area contributed by atoms with Gasteiger partial charge >= 0.3 is 0 Å². The molecule has 1 unspecified atom stereocenters. The van der Waals surface area contributed by atoms with E-state index in [4.69, 9.17) is 10.5 Å². The third-order valence-corrected chi connectivity index (χ3v) is 2.42. The summed E-state index contributed by atoms with van der Waals surface area (Å²) in [5, 5.41) is 3.25. The lowest BCUT2D eigenvalue weighted by Gasteiger charge is -2.14. The lowest BCUT2D eigenvalue weighted by molar-refractivity contribution is 0.317. The minimum Gasteiger partial charge on any atom is -0.490 e. The third-order valence-electron chi connectivity index (χ3n) is 2.42. The van der Waals surface area contributed by atoms with Crippen molar-refractivity contribution in [1.82, 2.24) is 4.98 Å². The molecule has 0 aliphatic heterocycles. The number of pyridine rings is 1. The molecule has 0 spiro atoms. The molecular formula is C13H23N3O. The van der Waals surface area contributed by atoms with Crippen LogP contribution in [0.1, 0.15) is 33.1 Å². The van der Waals surface area contributed by atoms with E-state index >= 15 is 0 Å². The first-order valence-electron chi connectivity index (χ1n) is 6.35. The predicted octanol–water partition coefficient (Wildman–Crippen LogP) is 2.41. The average Bonchev–Trinajstić information content (AvgIpc) is 2.35. The van der Waals surface area contributed by atoms with Crippen molar-refractivity contribution in [3.05, 3.63) is 18.3 Å². The van der Waals surface area contributed by atoms with Gasteiger partial charge in [-0.05, 0) is 25.0 Å². The summed E-state index contributed by atoms with van der Waals surface area (Å²) in [5.41, 5.74) is 5.95. The molecule has 3 N–H and O–H groups in total. The zero-order valence-corrected chi connectivity index (χ0v) is 10.8. The van der Waals surface area contributed by atoms with Crippen molar-refractivity contribution in [2.45, 2.75) is 39.2 Å². The molecule has 1 rings (SSSR count). The van der Waals surface area contributed by atoms with Crippen LogP contribution in [0.25, 0.3) is 0 Å². The van der Waals surface area contributed by atoms with Crippen LogP contribution in [-0.2, 0) is 0 Å². The zero-order valence-electron chi connectivity index (χ0n) is 10.8. The molecule has 0 aliphatic carbocycles. The van der Waals surface area contributed by atoms with Crippen LogP contribution in [-0.4, -0.2) is 24.2 Å². The number of nitrogens with zero attached hydrogens (tertiary/aromatic N) is 1. The van der Waals surface area contributed by atoms with Gasteiger partial charge in [0.25, 0.3) is 0 Å². The van der Waals surface area contributed by atoms with Crippen molar-refractivity contribution in [3.8, 4) is 5.75 Å². The molecule has 0 aromatic carbocycles. The number of aromatic nitrogens is 1. The Balaban J connectivity index is 2.51. The van der Waals surface area contributed by atoms with Gasteiger partial charge in [-0.15, -0.1) is 0 Å². The molecule has 4 nitrogen and oxygen atoms in total. The second-order valence-corrected chi connectivity index (χ2v) is 4.13. The van der Waals surface area contributed by atoms with E-state index < -0.39 is 0 Å². The summed E-state index contributed by atoms with van der Waals surface area (Å²) in [6.07, 6.45) is 4.87. The van der Waals surface area contributed by atoms with Crippen molar-refractivity contribution in [2.75, 3.05) is 18.5 Å². The molecule has 1 heterocycles. The molecule has 0 amide bonds. The summed E-state index contributed by atoms with van der Waals surface area (Å²) in [4.78, 5) is 4.27. The Hall–Kier alpha value is -1.29. The normalized spacial score (nSPS) is 12.2. The summed E-state index contributed by atoms with van der Waals surface area (Å²) < 4.78 is 5.61. The standard InChI is InChI=1S/C13H23N3O/c1-3-6-11(14)10-16-13-12(17-9-4-2)7-5-8-15-13/h5,7-8,11H,3-4,6,9-10,14H2,1-2H3,(H,15,16). The van der Waals surface area contributed by atoms with Gasteiger partial charge in [-0.1, -0.05) is 20.3 Å². The highest BCUT2D eigenvalue weighted by Gasteiger charge is 2.06. The van der Waals surface area contributed by atoms with Gasteiger partial charge in [-0.2, -0.15) is 0 Å². The Labute approximate surface area is 104 Å². The van der Waals surface area contributed by atoms with Crippen LogP contribution in [0.4, 0.5) is 5.82 Å². The van der Waals surface area contributed by atoms with E-state index in [1.807, 2.05) is 12.1 Å². The molecule has 4 heteroatoms. The van der Waals surface area contributed by atoms with Crippen molar-refractivity contribution >= 4 is 5.82 Å². The number of nitrogens with two attached hydrogens (primary N) is 1. The second-order valence-electron chi connectivity index (χ2n) is 4.13. The summed E-state index contributed by atoms with van der Waals surface area (Å²) in [6.45, 7) is 5.66. The van der Waals surface area contributed by atoms with Gasteiger partial charge < -0.3 is 15.8 Å². The summed E-state index contributed by atoms with van der Waals surface area (Å²) in [6, 6.07) is 3.97. The van der Waals surface area contributed by atoms with Crippen LogP contribution < -0.4 is 15.8 Å². The fourth-order valence-corrected chi connectivity index (χ4v) is 1.55. The fourth-order valence-electron chi connectivity index (χ4n) is 1.55. The molecule has 0 saturated heterocycles. The van der Waals surface area contributed by atoms with Gasteiger partial charge in [0.15, 0.2) is 11.6 Å². The third kappa shape index (κ3) is 5.04. The molecule has 0 saturated carbocycles.